The van der Waals surface area contributed by atoms with Crippen molar-refractivity contribution in [3.8, 4) is 0 Å². The summed E-state index contributed by atoms with van der Waals surface area (Å²) >= 11 is 6.54. The van der Waals surface area contributed by atoms with E-state index in [-0.39, 0.29) is 35.2 Å². The molecule has 0 saturated carbocycles. The Morgan fingerprint density at radius 1 is 1.24 bits per heavy atom. The molecule has 37 heavy (non-hydrogen) atoms. The molecule has 0 aromatic heterocycles. The molecule has 2 amide bonds. The molecular formula is C25H23ClF3N3O4S. The number of nitrogens with zero attached hydrogens (tertiary/aromatic N) is 1. The molecule has 2 saturated heterocycles. The zero-order valence-electron chi connectivity index (χ0n) is 19.8. The number of nitrogens with one attached hydrogen (secondary N) is 2. The van der Waals surface area contributed by atoms with Crippen molar-refractivity contribution in [1.82, 2.24) is 4.90 Å². The van der Waals surface area contributed by atoms with Crippen LogP contribution < -0.4 is 5.32 Å². The SMILES string of the molecule is CC1(C)OCC(CN2C(=O)S/C(=C\c3ccc(NCc4ccc(Cl)cc4C(F)(F)F)c(C=N)c3)C2=O)O1. The van der Waals surface area contributed by atoms with Crippen LogP contribution >= 0.6 is 23.4 Å². The maximum atomic E-state index is 13.4. The Morgan fingerprint density at radius 3 is 2.65 bits per heavy atom. The molecule has 2 aromatic carbocycles. The molecular weight excluding hydrogens is 531 g/mol. The van der Waals surface area contributed by atoms with Crippen molar-refractivity contribution in [2.24, 2.45) is 0 Å². The standard InChI is InChI=1S/C25H23ClF3N3O4S/c1-24(2)35-13-18(36-24)12-32-22(33)21(37-23(32)34)8-14-3-6-20(16(7-14)10-30)31-11-15-4-5-17(26)9-19(15)25(27,28)29/h3-10,18,30-31H,11-13H2,1-2H3/b21-8-,30-10?. The average molecular weight is 554 g/mol. The summed E-state index contributed by atoms with van der Waals surface area (Å²) in [4.78, 5) is 26.6. The molecule has 2 heterocycles. The quantitative estimate of drug-likeness (QED) is 0.315. The van der Waals surface area contributed by atoms with E-state index >= 15 is 0 Å². The molecule has 196 valence electrons. The van der Waals surface area contributed by atoms with E-state index in [9.17, 15) is 22.8 Å². The summed E-state index contributed by atoms with van der Waals surface area (Å²) in [5.41, 5.74) is 0.553. The summed E-state index contributed by atoms with van der Waals surface area (Å²) < 4.78 is 51.3. The lowest BCUT2D eigenvalue weighted by atomic mass is 10.1. The number of rotatable bonds is 7. The van der Waals surface area contributed by atoms with E-state index in [1.807, 2.05) is 0 Å². The van der Waals surface area contributed by atoms with Crippen LogP contribution in [-0.2, 0) is 27.0 Å². The van der Waals surface area contributed by atoms with E-state index < -0.39 is 34.8 Å². The number of amides is 2. The molecule has 2 aliphatic rings. The van der Waals surface area contributed by atoms with Crippen molar-refractivity contribution >= 4 is 52.5 Å². The predicted molar refractivity (Wildman–Crippen MR) is 136 cm³/mol. The molecule has 7 nitrogen and oxygen atoms in total. The Balaban J connectivity index is 1.48. The largest absolute Gasteiger partial charge is 0.416 e. The zero-order chi connectivity index (χ0) is 27.0. The van der Waals surface area contributed by atoms with Crippen molar-refractivity contribution in [3.63, 3.8) is 0 Å². The molecule has 1 atom stereocenters. The molecule has 0 spiro atoms. The van der Waals surface area contributed by atoms with Crippen LogP contribution in [0.4, 0.5) is 23.7 Å². The predicted octanol–water partition coefficient (Wildman–Crippen LogP) is 6.16. The lowest BCUT2D eigenvalue weighted by Gasteiger charge is -2.19. The second kappa shape index (κ2) is 10.5. The Hall–Kier alpha value is -2.86. The highest BCUT2D eigenvalue weighted by molar-refractivity contribution is 8.18. The average Bonchev–Trinajstić information content (AvgIpc) is 3.30. The van der Waals surface area contributed by atoms with Gasteiger partial charge in [-0.2, -0.15) is 13.2 Å². The van der Waals surface area contributed by atoms with Crippen molar-refractivity contribution in [3.05, 3.63) is 68.6 Å². The molecule has 12 heteroatoms. The summed E-state index contributed by atoms with van der Waals surface area (Å²) in [5.74, 6) is -1.23. The zero-order valence-corrected chi connectivity index (χ0v) is 21.4. The summed E-state index contributed by atoms with van der Waals surface area (Å²) in [5, 5.41) is 10.2. The Bertz CT molecular complexity index is 1280. The van der Waals surface area contributed by atoms with Crippen molar-refractivity contribution in [2.45, 2.75) is 38.5 Å². The van der Waals surface area contributed by atoms with E-state index in [0.29, 0.717) is 16.8 Å². The topological polar surface area (TPSA) is 91.7 Å². The number of carbonyl (C=O) groups excluding carboxylic acids is 2. The highest BCUT2D eigenvalue weighted by Gasteiger charge is 2.40. The van der Waals surface area contributed by atoms with E-state index in [1.54, 1.807) is 38.1 Å². The highest BCUT2D eigenvalue weighted by Crippen LogP contribution is 2.36. The molecule has 0 aliphatic carbocycles. The number of carbonyl (C=O) groups is 2. The number of alkyl halides is 3. The smallest absolute Gasteiger partial charge is 0.380 e. The molecule has 4 rings (SSSR count). The number of benzene rings is 2. The molecule has 1 unspecified atom stereocenters. The van der Waals surface area contributed by atoms with Gasteiger partial charge >= 0.3 is 6.18 Å². The van der Waals surface area contributed by atoms with Crippen LogP contribution in [0.25, 0.3) is 6.08 Å². The van der Waals surface area contributed by atoms with E-state index in [0.717, 1.165) is 28.9 Å². The van der Waals surface area contributed by atoms with Crippen molar-refractivity contribution in [2.75, 3.05) is 18.5 Å². The minimum atomic E-state index is -4.56. The van der Waals surface area contributed by atoms with Crippen LogP contribution in [0.15, 0.2) is 41.3 Å². The second-order valence-corrected chi connectivity index (χ2v) is 10.3. The molecule has 2 aromatic rings. The van der Waals surface area contributed by atoms with Crippen LogP contribution in [-0.4, -0.2) is 47.3 Å². The van der Waals surface area contributed by atoms with Gasteiger partial charge in [0.2, 0.25) is 0 Å². The first-order chi connectivity index (χ1) is 17.4. The van der Waals surface area contributed by atoms with Crippen LogP contribution in [0.2, 0.25) is 5.02 Å². The molecule has 2 N–H and O–H groups in total. The summed E-state index contributed by atoms with van der Waals surface area (Å²) in [6.45, 7) is 3.71. The summed E-state index contributed by atoms with van der Waals surface area (Å²) in [7, 11) is 0. The Labute approximate surface area is 220 Å². The first kappa shape index (κ1) is 27.2. The van der Waals surface area contributed by atoms with Gasteiger partial charge in [-0.1, -0.05) is 23.7 Å². The third kappa shape index (κ3) is 6.35. The number of anilines is 1. The van der Waals surface area contributed by atoms with Gasteiger partial charge in [0.15, 0.2) is 5.79 Å². The number of thioether (sulfide) groups is 1. The lowest BCUT2D eigenvalue weighted by Crippen LogP contribution is -2.37. The Morgan fingerprint density at radius 2 is 2.00 bits per heavy atom. The molecule has 0 bridgehead atoms. The van der Waals surface area contributed by atoms with Gasteiger partial charge in [0.1, 0.15) is 6.10 Å². The fraction of sp³-hybridized carbons (Fsp3) is 0.320. The third-order valence-electron chi connectivity index (χ3n) is 5.70. The fourth-order valence-electron chi connectivity index (χ4n) is 3.97. The van der Waals surface area contributed by atoms with Gasteiger partial charge in [-0.15, -0.1) is 0 Å². The summed E-state index contributed by atoms with van der Waals surface area (Å²) in [6, 6.07) is 8.41. The van der Waals surface area contributed by atoms with Crippen LogP contribution in [0, 0.1) is 5.41 Å². The molecule has 0 radical (unpaired) electrons. The van der Waals surface area contributed by atoms with Gasteiger partial charge in [-0.05, 0) is 67.1 Å². The number of halogens is 4. The first-order valence-electron chi connectivity index (χ1n) is 11.2. The summed E-state index contributed by atoms with van der Waals surface area (Å²) in [6.07, 6.45) is -2.39. The first-order valence-corrected chi connectivity index (χ1v) is 12.4. The van der Waals surface area contributed by atoms with Gasteiger partial charge in [-0.25, -0.2) is 0 Å². The maximum Gasteiger partial charge on any atom is 0.416 e. The van der Waals surface area contributed by atoms with E-state index in [1.165, 1.54) is 12.1 Å². The minimum absolute atomic E-state index is 0.00520. The van der Waals surface area contributed by atoms with Gasteiger partial charge < -0.3 is 20.2 Å². The molecule has 2 aliphatic heterocycles. The number of imide groups is 1. The Kier molecular flexibility index (Phi) is 7.70. The van der Waals surface area contributed by atoms with E-state index in [2.05, 4.69) is 5.32 Å². The third-order valence-corrected chi connectivity index (χ3v) is 6.85. The highest BCUT2D eigenvalue weighted by atomic mass is 35.5. The lowest BCUT2D eigenvalue weighted by molar-refractivity contribution is -0.142. The minimum Gasteiger partial charge on any atom is -0.380 e. The van der Waals surface area contributed by atoms with Crippen LogP contribution in [0.3, 0.4) is 0 Å². The van der Waals surface area contributed by atoms with Gasteiger partial charge in [-0.3, -0.25) is 14.5 Å². The van der Waals surface area contributed by atoms with Crippen LogP contribution in [0.5, 0.6) is 0 Å². The monoisotopic (exact) mass is 553 g/mol. The fourth-order valence-corrected chi connectivity index (χ4v) is 4.99. The van der Waals surface area contributed by atoms with Crippen LogP contribution in [0.1, 0.15) is 36.1 Å². The number of ether oxygens (including phenoxy) is 2. The second-order valence-electron chi connectivity index (χ2n) is 8.89. The maximum absolute atomic E-state index is 13.4. The number of hydrogen-bond acceptors (Lipinski definition) is 7. The normalized spacial score (nSPS) is 20.6. The van der Waals surface area contributed by atoms with Crippen molar-refractivity contribution < 1.29 is 32.2 Å². The van der Waals surface area contributed by atoms with Gasteiger partial charge in [0.25, 0.3) is 11.1 Å². The van der Waals surface area contributed by atoms with Gasteiger partial charge in [0.05, 0.1) is 23.6 Å². The molecule has 2 fully saturated rings. The van der Waals surface area contributed by atoms with E-state index in [4.69, 9.17) is 26.5 Å². The van der Waals surface area contributed by atoms with Crippen molar-refractivity contribution in [1.29, 1.82) is 5.41 Å². The van der Waals surface area contributed by atoms with Gasteiger partial charge in [0, 0.05) is 29.0 Å². The number of hydrogen-bond donors (Lipinski definition) is 2.